The molecule has 0 fully saturated rings. The van der Waals surface area contributed by atoms with Gasteiger partial charge >= 0.3 is 5.97 Å². The van der Waals surface area contributed by atoms with E-state index in [4.69, 9.17) is 5.11 Å². The van der Waals surface area contributed by atoms with E-state index >= 15 is 0 Å². The van der Waals surface area contributed by atoms with E-state index in [1.807, 2.05) is 0 Å². The van der Waals surface area contributed by atoms with Crippen molar-refractivity contribution in [3.63, 3.8) is 0 Å². The molecular formula is C9H9NO4. The molecule has 3 N–H and O–H groups in total. The van der Waals surface area contributed by atoms with Gasteiger partial charge in [0.25, 0.3) is 0 Å². The van der Waals surface area contributed by atoms with Crippen LogP contribution in [0.1, 0.15) is 39.3 Å². The lowest BCUT2D eigenvalue weighted by molar-refractivity contribution is 0.0688. The molecule has 0 amide bonds. The summed E-state index contributed by atoms with van der Waals surface area (Å²) in [5, 5.41) is 18.1. The largest absolute Gasteiger partial charge is 0.494 e. The van der Waals surface area contributed by atoms with Gasteiger partial charge in [-0.05, 0) is 12.8 Å². The second-order valence-electron chi connectivity index (χ2n) is 3.28. The molecule has 0 bridgehead atoms. The number of aromatic carboxylic acids is 1. The van der Waals surface area contributed by atoms with Crippen LogP contribution in [0.25, 0.3) is 0 Å². The zero-order valence-electron chi connectivity index (χ0n) is 7.33. The Morgan fingerprint density at radius 1 is 1.36 bits per heavy atom. The van der Waals surface area contributed by atoms with E-state index in [0.717, 1.165) is 0 Å². The Morgan fingerprint density at radius 2 is 2.07 bits per heavy atom. The molecule has 1 aliphatic carbocycles. The maximum atomic E-state index is 11.4. The molecule has 1 aliphatic rings. The summed E-state index contributed by atoms with van der Waals surface area (Å²) in [5.74, 6) is -1.90. The van der Waals surface area contributed by atoms with Crippen LogP contribution in [0.15, 0.2) is 0 Å². The van der Waals surface area contributed by atoms with Gasteiger partial charge < -0.3 is 15.2 Å². The van der Waals surface area contributed by atoms with Crippen LogP contribution in [0.5, 0.6) is 5.88 Å². The highest BCUT2D eigenvalue weighted by molar-refractivity contribution is 6.08. The van der Waals surface area contributed by atoms with Crippen LogP contribution in [-0.4, -0.2) is 26.9 Å². The lowest BCUT2D eigenvalue weighted by Gasteiger charge is -2.09. The van der Waals surface area contributed by atoms with Gasteiger partial charge in [-0.15, -0.1) is 0 Å². The van der Waals surface area contributed by atoms with Crippen LogP contribution in [0.3, 0.4) is 0 Å². The topological polar surface area (TPSA) is 90.4 Å². The Morgan fingerprint density at radius 3 is 2.71 bits per heavy atom. The molecule has 0 unspecified atom stereocenters. The van der Waals surface area contributed by atoms with Gasteiger partial charge in [-0.2, -0.15) is 0 Å². The van der Waals surface area contributed by atoms with Gasteiger partial charge in [-0.1, -0.05) is 0 Å². The van der Waals surface area contributed by atoms with E-state index in [9.17, 15) is 14.7 Å². The highest BCUT2D eigenvalue weighted by atomic mass is 16.4. The van der Waals surface area contributed by atoms with Crippen LogP contribution in [0, 0.1) is 0 Å². The highest BCUT2D eigenvalue weighted by Crippen LogP contribution is 2.30. The fourth-order valence-electron chi connectivity index (χ4n) is 1.79. The van der Waals surface area contributed by atoms with Crippen molar-refractivity contribution in [3.8, 4) is 5.88 Å². The molecule has 1 heterocycles. The summed E-state index contributed by atoms with van der Waals surface area (Å²) in [4.78, 5) is 24.7. The van der Waals surface area contributed by atoms with Crippen LogP contribution in [0.4, 0.5) is 0 Å². The Hall–Kier alpha value is -1.78. The minimum Gasteiger partial charge on any atom is -0.494 e. The van der Waals surface area contributed by atoms with Crippen LogP contribution in [0.2, 0.25) is 0 Å². The Kier molecular flexibility index (Phi) is 1.80. The lowest BCUT2D eigenvalue weighted by atomic mass is 9.94. The molecule has 0 atom stereocenters. The number of nitrogens with one attached hydrogen (secondary N) is 1. The molecule has 74 valence electrons. The smallest absolute Gasteiger partial charge is 0.341 e. The number of carbonyl (C=O) groups excluding carboxylic acids is 1. The Balaban J connectivity index is 2.65. The van der Waals surface area contributed by atoms with E-state index in [1.54, 1.807) is 0 Å². The number of aromatic hydroxyl groups is 1. The van der Waals surface area contributed by atoms with Crippen LogP contribution < -0.4 is 0 Å². The Bertz CT molecular complexity index is 419. The third-order valence-electron chi connectivity index (χ3n) is 2.38. The van der Waals surface area contributed by atoms with Gasteiger partial charge in [-0.3, -0.25) is 4.79 Å². The van der Waals surface area contributed by atoms with Crippen molar-refractivity contribution < 1.29 is 19.8 Å². The molecule has 1 aromatic heterocycles. The number of aromatic nitrogens is 1. The number of hydrogen-bond acceptors (Lipinski definition) is 3. The zero-order valence-corrected chi connectivity index (χ0v) is 7.33. The average molecular weight is 195 g/mol. The number of H-pyrrole nitrogens is 1. The molecular weight excluding hydrogens is 186 g/mol. The monoisotopic (exact) mass is 195 g/mol. The quantitative estimate of drug-likeness (QED) is 0.621. The molecule has 1 aromatic rings. The van der Waals surface area contributed by atoms with Crippen molar-refractivity contribution >= 4 is 11.8 Å². The number of aryl methyl sites for hydroxylation is 1. The maximum Gasteiger partial charge on any atom is 0.341 e. The molecule has 0 saturated heterocycles. The number of aromatic amines is 1. The number of rotatable bonds is 1. The van der Waals surface area contributed by atoms with Gasteiger partial charge in [0.2, 0.25) is 5.88 Å². The zero-order chi connectivity index (χ0) is 10.3. The first-order valence-corrected chi connectivity index (χ1v) is 4.31. The van der Waals surface area contributed by atoms with E-state index < -0.39 is 11.8 Å². The average Bonchev–Trinajstić information content (AvgIpc) is 2.42. The number of Topliss-reactive ketones (excluding diaryl/α,β-unsaturated/α-hetero) is 1. The molecule has 14 heavy (non-hydrogen) atoms. The predicted octanol–water partition coefficient (Wildman–Crippen LogP) is 0.938. The van der Waals surface area contributed by atoms with Crippen LogP contribution in [-0.2, 0) is 6.42 Å². The molecule has 2 rings (SSSR count). The fraction of sp³-hybridized carbons (Fsp3) is 0.333. The summed E-state index contributed by atoms with van der Waals surface area (Å²) in [6.45, 7) is 0. The molecule has 0 spiro atoms. The summed E-state index contributed by atoms with van der Waals surface area (Å²) >= 11 is 0. The molecule has 5 heteroatoms. The van der Waals surface area contributed by atoms with Crippen molar-refractivity contribution in [3.05, 3.63) is 16.8 Å². The molecule has 0 aliphatic heterocycles. The molecule has 0 radical (unpaired) electrons. The van der Waals surface area contributed by atoms with E-state index in [1.165, 1.54) is 0 Å². The number of carboxylic acid groups (broad SMARTS) is 1. The van der Waals surface area contributed by atoms with Gasteiger partial charge in [0.05, 0.1) is 5.56 Å². The Labute approximate surface area is 79.4 Å². The minimum absolute atomic E-state index is 0.154. The van der Waals surface area contributed by atoms with Crippen molar-refractivity contribution in [1.29, 1.82) is 0 Å². The number of ketones is 1. The molecule has 0 saturated carbocycles. The van der Waals surface area contributed by atoms with Crippen molar-refractivity contribution in [2.45, 2.75) is 19.3 Å². The summed E-state index contributed by atoms with van der Waals surface area (Å²) in [5.41, 5.74) is 0.405. The van der Waals surface area contributed by atoms with E-state index in [0.29, 0.717) is 25.0 Å². The predicted molar refractivity (Wildman–Crippen MR) is 46.7 cm³/mol. The fourth-order valence-corrected chi connectivity index (χ4v) is 1.79. The first-order valence-electron chi connectivity index (χ1n) is 4.31. The first-order chi connectivity index (χ1) is 6.61. The summed E-state index contributed by atoms with van der Waals surface area (Å²) in [7, 11) is 0. The van der Waals surface area contributed by atoms with Gasteiger partial charge in [0.1, 0.15) is 5.56 Å². The summed E-state index contributed by atoms with van der Waals surface area (Å²) in [6.07, 6.45) is 1.66. The molecule has 0 aromatic carbocycles. The van der Waals surface area contributed by atoms with Crippen molar-refractivity contribution in [2.24, 2.45) is 0 Å². The number of hydrogen-bond donors (Lipinski definition) is 3. The lowest BCUT2D eigenvalue weighted by Crippen LogP contribution is -2.13. The van der Waals surface area contributed by atoms with Crippen LogP contribution >= 0.6 is 0 Å². The summed E-state index contributed by atoms with van der Waals surface area (Å²) in [6, 6.07) is 0. The SMILES string of the molecule is O=C(O)c1c(O)[nH]c2c1C(=O)CCC2. The van der Waals surface area contributed by atoms with E-state index in [2.05, 4.69) is 4.98 Å². The van der Waals surface area contributed by atoms with Crippen molar-refractivity contribution in [2.75, 3.05) is 0 Å². The normalized spacial score (nSPS) is 15.3. The second kappa shape index (κ2) is 2.87. The number of fused-ring (bicyclic) bond motifs is 1. The van der Waals surface area contributed by atoms with Gasteiger partial charge in [0, 0.05) is 12.1 Å². The third kappa shape index (κ3) is 1.09. The standard InChI is InChI=1S/C9H9NO4/c11-5-3-1-2-4-6(5)7(9(13)14)8(12)10-4/h10,12H,1-3H2,(H,13,14). The highest BCUT2D eigenvalue weighted by Gasteiger charge is 2.29. The first kappa shape index (κ1) is 8.80. The minimum atomic E-state index is -1.27. The molecule has 5 nitrogen and oxygen atoms in total. The summed E-state index contributed by atoms with van der Waals surface area (Å²) < 4.78 is 0. The van der Waals surface area contributed by atoms with E-state index in [-0.39, 0.29) is 16.9 Å². The third-order valence-corrected chi connectivity index (χ3v) is 2.38. The van der Waals surface area contributed by atoms with Crippen molar-refractivity contribution in [1.82, 2.24) is 4.98 Å². The maximum absolute atomic E-state index is 11.4. The van der Waals surface area contributed by atoms with Gasteiger partial charge in [-0.25, -0.2) is 4.79 Å². The second-order valence-corrected chi connectivity index (χ2v) is 3.28. The number of carbonyl (C=O) groups is 2. The number of carboxylic acids is 1. The van der Waals surface area contributed by atoms with Gasteiger partial charge in [0.15, 0.2) is 5.78 Å².